The lowest BCUT2D eigenvalue weighted by molar-refractivity contribution is -0.168. The van der Waals surface area contributed by atoms with Crippen molar-refractivity contribution in [1.29, 1.82) is 0 Å². The van der Waals surface area contributed by atoms with Crippen LogP contribution >= 0.6 is 11.6 Å². The Hall–Kier alpha value is -0.650. The van der Waals surface area contributed by atoms with E-state index in [9.17, 15) is 0 Å². The molecule has 2 aliphatic rings. The quantitative estimate of drug-likeness (QED) is 0.856. The van der Waals surface area contributed by atoms with Gasteiger partial charge in [-0.15, -0.1) is 0 Å². The second-order valence-electron chi connectivity index (χ2n) is 5.12. The fraction of sp³-hybridized carbons (Fsp3) is 0.600. The van der Waals surface area contributed by atoms with Crippen molar-refractivity contribution >= 4 is 11.6 Å². The van der Waals surface area contributed by atoms with E-state index < -0.39 is 0 Å². The third kappa shape index (κ3) is 2.71. The summed E-state index contributed by atoms with van der Waals surface area (Å²) in [5, 5.41) is 0.716. The van der Waals surface area contributed by atoms with Gasteiger partial charge >= 0.3 is 0 Å². The Morgan fingerprint density at radius 1 is 1.20 bits per heavy atom. The summed E-state index contributed by atoms with van der Waals surface area (Å²) in [4.78, 5) is 0. The fourth-order valence-electron chi connectivity index (χ4n) is 2.72. The summed E-state index contributed by atoms with van der Waals surface area (Å²) in [5.74, 6) is 0. The minimum atomic E-state index is -0.314. The van der Waals surface area contributed by atoms with Crippen LogP contribution in [0.3, 0.4) is 0 Å². The van der Waals surface area contributed by atoms with Crippen molar-refractivity contribution in [1.82, 2.24) is 0 Å². The van der Waals surface area contributed by atoms with Crippen LogP contribution in [0.4, 0.5) is 0 Å². The van der Waals surface area contributed by atoms with E-state index in [0.29, 0.717) is 11.6 Å². The average Bonchev–Trinajstić information content (AvgIpc) is 2.94. The van der Waals surface area contributed by atoms with E-state index in [4.69, 9.17) is 30.5 Å². The predicted molar refractivity (Wildman–Crippen MR) is 74.4 cm³/mol. The first-order valence-corrected chi connectivity index (χ1v) is 7.38. The maximum Gasteiger partial charge on any atom is 0.189 e. The van der Waals surface area contributed by atoms with Crippen LogP contribution in [-0.2, 0) is 25.6 Å². The van der Waals surface area contributed by atoms with Crippen LogP contribution in [0.2, 0.25) is 5.02 Å². The van der Waals surface area contributed by atoms with Gasteiger partial charge in [-0.25, -0.2) is 0 Å². The number of ether oxygens (including phenoxy) is 4. The van der Waals surface area contributed by atoms with Crippen molar-refractivity contribution in [3.8, 4) is 0 Å². The van der Waals surface area contributed by atoms with E-state index in [1.165, 1.54) is 0 Å². The summed E-state index contributed by atoms with van der Waals surface area (Å²) < 4.78 is 23.2. The number of hydrogen-bond donors (Lipinski definition) is 0. The molecule has 1 aromatic rings. The molecule has 110 valence electrons. The number of hydrogen-bond acceptors (Lipinski definition) is 4. The SMILES string of the molecule is CC[C@H]1O[C@@H]2OC(C)O[C@@H]2[C@H]1OCc1ccccc1Cl. The molecule has 2 heterocycles. The van der Waals surface area contributed by atoms with Crippen molar-refractivity contribution in [3.05, 3.63) is 34.9 Å². The standard InChI is InChI=1S/C15H19ClO4/c1-3-12-13(14-15(20-12)19-9(2)18-14)17-8-10-6-4-5-7-11(10)16/h4-7,9,12-15H,3,8H2,1-2H3/t9?,12-,13+,14-,15+/m1/s1. The highest BCUT2D eigenvalue weighted by atomic mass is 35.5. The molecular weight excluding hydrogens is 280 g/mol. The first-order chi connectivity index (χ1) is 9.69. The highest BCUT2D eigenvalue weighted by Crippen LogP contribution is 2.35. The second kappa shape index (κ2) is 6.00. The Kier molecular flexibility index (Phi) is 4.29. The van der Waals surface area contributed by atoms with Crippen molar-refractivity contribution in [2.45, 2.75) is 57.8 Å². The zero-order valence-corrected chi connectivity index (χ0v) is 12.4. The summed E-state index contributed by atoms with van der Waals surface area (Å²) >= 11 is 6.15. The maximum absolute atomic E-state index is 6.15. The molecule has 3 rings (SSSR count). The number of benzene rings is 1. The molecule has 0 N–H and O–H groups in total. The van der Waals surface area contributed by atoms with Gasteiger partial charge in [0.2, 0.25) is 0 Å². The summed E-state index contributed by atoms with van der Waals surface area (Å²) in [7, 11) is 0. The fourth-order valence-corrected chi connectivity index (χ4v) is 2.91. The van der Waals surface area contributed by atoms with E-state index >= 15 is 0 Å². The molecule has 20 heavy (non-hydrogen) atoms. The molecule has 5 heteroatoms. The first-order valence-electron chi connectivity index (χ1n) is 7.00. The molecule has 0 saturated carbocycles. The molecule has 2 aliphatic heterocycles. The zero-order chi connectivity index (χ0) is 14.1. The number of halogens is 1. The normalized spacial score (nSPS) is 36.2. The largest absolute Gasteiger partial charge is 0.368 e. The second-order valence-corrected chi connectivity index (χ2v) is 5.53. The summed E-state index contributed by atoms with van der Waals surface area (Å²) in [6, 6.07) is 7.69. The Balaban J connectivity index is 1.67. The Labute approximate surface area is 123 Å². The van der Waals surface area contributed by atoms with Crippen molar-refractivity contribution in [2.24, 2.45) is 0 Å². The van der Waals surface area contributed by atoms with Gasteiger partial charge in [0.25, 0.3) is 0 Å². The van der Waals surface area contributed by atoms with Gasteiger partial charge in [0.1, 0.15) is 12.2 Å². The lowest BCUT2D eigenvalue weighted by Gasteiger charge is -2.22. The van der Waals surface area contributed by atoms with E-state index in [0.717, 1.165) is 12.0 Å². The number of fused-ring (bicyclic) bond motifs is 1. The minimum absolute atomic E-state index is 0.0000113. The van der Waals surface area contributed by atoms with Gasteiger partial charge < -0.3 is 18.9 Å². The summed E-state index contributed by atoms with van der Waals surface area (Å²) in [6.45, 7) is 4.39. The lowest BCUT2D eigenvalue weighted by Crippen LogP contribution is -2.34. The van der Waals surface area contributed by atoms with Crippen LogP contribution in [0.25, 0.3) is 0 Å². The van der Waals surface area contributed by atoms with Gasteiger partial charge in [0, 0.05) is 5.02 Å². The van der Waals surface area contributed by atoms with Crippen LogP contribution in [-0.4, -0.2) is 30.9 Å². The topological polar surface area (TPSA) is 36.9 Å². The van der Waals surface area contributed by atoms with Crippen LogP contribution in [0.1, 0.15) is 25.8 Å². The van der Waals surface area contributed by atoms with Crippen molar-refractivity contribution in [2.75, 3.05) is 0 Å². The van der Waals surface area contributed by atoms with Crippen molar-refractivity contribution < 1.29 is 18.9 Å². The molecule has 2 fully saturated rings. The zero-order valence-electron chi connectivity index (χ0n) is 11.6. The molecule has 5 atom stereocenters. The highest BCUT2D eigenvalue weighted by molar-refractivity contribution is 6.31. The molecule has 4 nitrogen and oxygen atoms in total. The highest BCUT2D eigenvalue weighted by Gasteiger charge is 2.51. The molecule has 0 amide bonds. The minimum Gasteiger partial charge on any atom is -0.368 e. The van der Waals surface area contributed by atoms with E-state index in [2.05, 4.69) is 6.92 Å². The van der Waals surface area contributed by atoms with Gasteiger partial charge in [-0.2, -0.15) is 0 Å². The third-order valence-corrected chi connectivity index (χ3v) is 4.10. The first kappa shape index (κ1) is 14.3. The number of rotatable bonds is 4. The van der Waals surface area contributed by atoms with Gasteiger partial charge in [-0.3, -0.25) is 0 Å². The van der Waals surface area contributed by atoms with Crippen LogP contribution in [0.5, 0.6) is 0 Å². The van der Waals surface area contributed by atoms with Gasteiger partial charge in [0.05, 0.1) is 12.7 Å². The molecule has 1 unspecified atom stereocenters. The Bertz CT molecular complexity index is 467. The molecular formula is C15H19ClO4. The summed E-state index contributed by atoms with van der Waals surface area (Å²) in [6.07, 6.45) is 0.0328. The van der Waals surface area contributed by atoms with E-state index in [1.807, 2.05) is 31.2 Å². The van der Waals surface area contributed by atoms with Gasteiger partial charge in [-0.05, 0) is 25.0 Å². The third-order valence-electron chi connectivity index (χ3n) is 3.73. The van der Waals surface area contributed by atoms with Gasteiger partial charge in [0.15, 0.2) is 12.6 Å². The average molecular weight is 299 g/mol. The molecule has 0 aromatic heterocycles. The Morgan fingerprint density at radius 3 is 2.75 bits per heavy atom. The molecule has 0 spiro atoms. The molecule has 0 radical (unpaired) electrons. The van der Waals surface area contributed by atoms with E-state index in [-0.39, 0.29) is 30.9 Å². The maximum atomic E-state index is 6.15. The molecule has 0 aliphatic carbocycles. The van der Waals surface area contributed by atoms with Crippen LogP contribution < -0.4 is 0 Å². The lowest BCUT2D eigenvalue weighted by atomic mass is 10.1. The van der Waals surface area contributed by atoms with E-state index in [1.54, 1.807) is 0 Å². The Morgan fingerprint density at radius 2 is 2.00 bits per heavy atom. The predicted octanol–water partition coefficient (Wildman–Crippen LogP) is 3.12. The van der Waals surface area contributed by atoms with Crippen LogP contribution in [0, 0.1) is 0 Å². The monoisotopic (exact) mass is 298 g/mol. The van der Waals surface area contributed by atoms with Crippen LogP contribution in [0.15, 0.2) is 24.3 Å². The molecule has 0 bridgehead atoms. The van der Waals surface area contributed by atoms with Crippen molar-refractivity contribution in [3.63, 3.8) is 0 Å². The summed E-state index contributed by atoms with van der Waals surface area (Å²) in [5.41, 5.74) is 0.972. The molecule has 2 saturated heterocycles. The van der Waals surface area contributed by atoms with Gasteiger partial charge in [-0.1, -0.05) is 36.7 Å². The smallest absolute Gasteiger partial charge is 0.189 e. The molecule has 1 aromatic carbocycles.